The van der Waals surface area contributed by atoms with Crippen molar-refractivity contribution in [3.63, 3.8) is 0 Å². The second-order valence-corrected chi connectivity index (χ2v) is 9.87. The number of aromatic hydroxyl groups is 1. The maximum absolute atomic E-state index is 13.5. The summed E-state index contributed by atoms with van der Waals surface area (Å²) in [5, 5.41) is 15.6. The fraction of sp³-hybridized carbons (Fsp3) is 0.103. The first-order valence-electron chi connectivity index (χ1n) is 12.1. The number of rotatable bonds is 4. The highest BCUT2D eigenvalue weighted by atomic mass is 32.2. The molecule has 0 spiro atoms. The largest absolute Gasteiger partial charge is 0.504 e. The van der Waals surface area contributed by atoms with Crippen LogP contribution in [0, 0.1) is 0 Å². The maximum Gasteiger partial charge on any atom is 0.344 e. The van der Waals surface area contributed by atoms with Gasteiger partial charge in [-0.05, 0) is 54.3 Å². The molecule has 3 aromatic heterocycles. The predicted octanol–water partition coefficient (Wildman–Crippen LogP) is 5.62. The maximum atomic E-state index is 13.5. The van der Waals surface area contributed by atoms with Crippen LogP contribution in [-0.4, -0.2) is 38.1 Å². The molecule has 4 heterocycles. The van der Waals surface area contributed by atoms with Crippen LogP contribution in [0.4, 0.5) is 0 Å². The molecule has 7 rings (SSSR count). The minimum absolute atomic E-state index is 0.0254. The number of fused-ring (bicyclic) bond motifs is 6. The number of phenols is 1. The van der Waals surface area contributed by atoms with E-state index >= 15 is 0 Å². The van der Waals surface area contributed by atoms with E-state index in [0.717, 1.165) is 10.5 Å². The summed E-state index contributed by atoms with van der Waals surface area (Å²) in [5.41, 5.74) is 2.85. The van der Waals surface area contributed by atoms with Crippen LogP contribution >= 0.6 is 11.8 Å². The molecule has 1 N–H and O–H groups in total. The highest BCUT2D eigenvalue weighted by Crippen LogP contribution is 2.49. The van der Waals surface area contributed by atoms with E-state index < -0.39 is 11.5 Å². The van der Waals surface area contributed by atoms with Gasteiger partial charge in [-0.1, -0.05) is 24.3 Å². The smallest absolute Gasteiger partial charge is 0.344 e. The molecule has 0 saturated carbocycles. The van der Waals surface area contributed by atoms with Crippen molar-refractivity contribution in [3.05, 3.63) is 100 Å². The minimum atomic E-state index is -0.571. The highest BCUT2D eigenvalue weighted by molar-refractivity contribution is 7.98. The summed E-state index contributed by atoms with van der Waals surface area (Å²) in [6, 6.07) is 20.2. The van der Waals surface area contributed by atoms with Crippen LogP contribution in [0.2, 0.25) is 0 Å². The summed E-state index contributed by atoms with van der Waals surface area (Å²) in [6.45, 7) is 0. The quantitative estimate of drug-likeness (QED) is 0.226. The number of thioether (sulfide) groups is 1. The van der Waals surface area contributed by atoms with Crippen molar-refractivity contribution in [3.8, 4) is 34.5 Å². The van der Waals surface area contributed by atoms with Gasteiger partial charge in [0.15, 0.2) is 28.7 Å². The van der Waals surface area contributed by atoms with Crippen molar-refractivity contribution in [1.82, 2.24) is 19.6 Å². The number of methoxy groups -OCH3 is 1. The number of hydrogen-bond donors (Lipinski definition) is 1. The molecule has 10 heteroatoms. The van der Waals surface area contributed by atoms with E-state index in [1.54, 1.807) is 40.5 Å². The summed E-state index contributed by atoms with van der Waals surface area (Å²) in [4.78, 5) is 24.0. The summed E-state index contributed by atoms with van der Waals surface area (Å²) in [7, 11) is 1.49. The van der Waals surface area contributed by atoms with Gasteiger partial charge in [-0.3, -0.25) is 0 Å². The van der Waals surface area contributed by atoms with E-state index in [9.17, 15) is 9.90 Å². The second kappa shape index (κ2) is 8.88. The van der Waals surface area contributed by atoms with Crippen LogP contribution in [0.1, 0.15) is 22.6 Å². The summed E-state index contributed by atoms with van der Waals surface area (Å²) in [6.07, 6.45) is 3.54. The molecule has 1 unspecified atom stereocenters. The lowest BCUT2D eigenvalue weighted by atomic mass is 9.84. The van der Waals surface area contributed by atoms with Crippen LogP contribution in [0.15, 0.2) is 87.2 Å². The Bertz CT molecular complexity index is 1970. The first kappa shape index (κ1) is 23.3. The summed E-state index contributed by atoms with van der Waals surface area (Å²) in [5.74, 6) is 0.877. The second-order valence-electron chi connectivity index (χ2n) is 8.99. The third-order valence-electron chi connectivity index (χ3n) is 6.85. The standard InChI is InChI=1S/C29H20N4O5S/c1-36-21-12-9-16(13-19(21)34)26-31-27-24-22(15-7-10-17(39-2)11-8-15)23-25(38-28(24)30-14-33(27)32-26)18-5-3-4-6-20(18)37-29(23)35/h3-14,22,34H,1-2H3. The lowest BCUT2D eigenvalue weighted by Crippen LogP contribution is -2.22. The molecule has 1 aliphatic rings. The molecule has 9 nitrogen and oxygen atoms in total. The molecule has 0 amide bonds. The zero-order valence-electron chi connectivity index (χ0n) is 20.8. The monoisotopic (exact) mass is 536 g/mol. The van der Waals surface area contributed by atoms with E-state index in [1.807, 2.05) is 48.7 Å². The number of ether oxygens (including phenoxy) is 2. The van der Waals surface area contributed by atoms with E-state index in [1.165, 1.54) is 13.4 Å². The molecule has 0 bridgehead atoms. The van der Waals surface area contributed by atoms with Gasteiger partial charge >= 0.3 is 5.63 Å². The molecule has 0 radical (unpaired) electrons. The topological polar surface area (TPSA) is 112 Å². The lowest BCUT2D eigenvalue weighted by molar-refractivity contribution is 0.373. The highest BCUT2D eigenvalue weighted by Gasteiger charge is 2.37. The average molecular weight is 537 g/mol. The van der Waals surface area contributed by atoms with E-state index in [-0.39, 0.29) is 5.75 Å². The Morgan fingerprint density at radius 3 is 2.64 bits per heavy atom. The Morgan fingerprint density at radius 2 is 1.87 bits per heavy atom. The van der Waals surface area contributed by atoms with Crippen LogP contribution in [0.5, 0.6) is 23.1 Å². The fourth-order valence-corrected chi connectivity index (χ4v) is 5.42. The first-order valence-corrected chi connectivity index (χ1v) is 13.3. The number of benzene rings is 3. The van der Waals surface area contributed by atoms with Crippen LogP contribution in [0.3, 0.4) is 0 Å². The number of hydrogen-bond acceptors (Lipinski definition) is 9. The van der Waals surface area contributed by atoms with Gasteiger partial charge in [0.1, 0.15) is 11.9 Å². The number of aromatic nitrogens is 4. The summed E-state index contributed by atoms with van der Waals surface area (Å²) >= 11 is 1.63. The van der Waals surface area contributed by atoms with E-state index in [4.69, 9.17) is 18.9 Å². The number of nitrogens with zero attached hydrogens (tertiary/aromatic N) is 4. The molecule has 3 aromatic carbocycles. The molecule has 6 aromatic rings. The Hall–Kier alpha value is -4.83. The SMILES string of the molecule is COc1ccc(-c2nc3c4c(ncn3n2)Oc2c(c(=O)oc3ccccc23)C4c2ccc(SC)cc2)cc1O. The van der Waals surface area contributed by atoms with Crippen molar-refractivity contribution < 1.29 is 19.0 Å². The van der Waals surface area contributed by atoms with Crippen LogP contribution in [-0.2, 0) is 0 Å². The number of para-hydroxylation sites is 1. The molecule has 0 fully saturated rings. The lowest BCUT2D eigenvalue weighted by Gasteiger charge is -2.27. The molecule has 192 valence electrons. The van der Waals surface area contributed by atoms with Crippen molar-refractivity contribution in [1.29, 1.82) is 0 Å². The fourth-order valence-electron chi connectivity index (χ4n) is 5.01. The Kier molecular flexibility index (Phi) is 5.31. The Morgan fingerprint density at radius 1 is 1.05 bits per heavy atom. The average Bonchev–Trinajstić information content (AvgIpc) is 3.41. The van der Waals surface area contributed by atoms with E-state index in [2.05, 4.69) is 10.1 Å². The normalized spacial score (nSPS) is 14.2. The van der Waals surface area contributed by atoms with Crippen molar-refractivity contribution in [2.75, 3.05) is 13.4 Å². The van der Waals surface area contributed by atoms with Gasteiger partial charge < -0.3 is 19.0 Å². The third-order valence-corrected chi connectivity index (χ3v) is 7.59. The molecule has 39 heavy (non-hydrogen) atoms. The molecule has 1 aliphatic heterocycles. The number of phenolic OH excluding ortho intramolecular Hbond substituents is 1. The van der Waals surface area contributed by atoms with Crippen molar-refractivity contribution in [2.24, 2.45) is 0 Å². The summed E-state index contributed by atoms with van der Waals surface area (Å²) < 4.78 is 18.8. The van der Waals surface area contributed by atoms with Crippen LogP contribution < -0.4 is 15.1 Å². The molecule has 0 saturated heterocycles. The third kappa shape index (κ3) is 3.63. The Balaban J connectivity index is 1.50. The zero-order chi connectivity index (χ0) is 26.7. The van der Waals surface area contributed by atoms with Crippen molar-refractivity contribution in [2.45, 2.75) is 10.8 Å². The van der Waals surface area contributed by atoms with Crippen molar-refractivity contribution >= 4 is 28.4 Å². The predicted molar refractivity (Wildman–Crippen MR) is 146 cm³/mol. The van der Waals surface area contributed by atoms with Gasteiger partial charge in [0.05, 0.1) is 29.5 Å². The van der Waals surface area contributed by atoms with Gasteiger partial charge in [-0.15, -0.1) is 16.9 Å². The van der Waals surface area contributed by atoms with Gasteiger partial charge in [0, 0.05) is 10.5 Å². The molecular formula is C29H20N4O5S. The zero-order valence-corrected chi connectivity index (χ0v) is 21.6. The van der Waals surface area contributed by atoms with Crippen LogP contribution in [0.25, 0.3) is 28.0 Å². The molecular weight excluding hydrogens is 516 g/mol. The molecule has 0 aliphatic carbocycles. The minimum Gasteiger partial charge on any atom is -0.504 e. The van der Waals surface area contributed by atoms with Gasteiger partial charge in [-0.25, -0.2) is 19.3 Å². The van der Waals surface area contributed by atoms with E-state index in [0.29, 0.717) is 56.5 Å². The van der Waals surface area contributed by atoms with Gasteiger partial charge in [-0.2, -0.15) is 0 Å². The van der Waals surface area contributed by atoms with Gasteiger partial charge in [0.25, 0.3) is 0 Å². The first-order chi connectivity index (χ1) is 19.1. The molecule has 1 atom stereocenters. The Labute approximate surface area is 225 Å². The van der Waals surface area contributed by atoms with Gasteiger partial charge in [0.2, 0.25) is 5.88 Å².